The van der Waals surface area contributed by atoms with Gasteiger partial charge in [-0.2, -0.15) is 0 Å². The number of hydrogen-bond donors (Lipinski definition) is 2. The summed E-state index contributed by atoms with van der Waals surface area (Å²) in [5, 5.41) is 0. The molecule has 0 aromatic rings. The summed E-state index contributed by atoms with van der Waals surface area (Å²) in [5.74, 6) is 1.03. The molecule has 2 saturated carbocycles. The van der Waals surface area contributed by atoms with Crippen molar-refractivity contribution in [1.29, 1.82) is 0 Å². The van der Waals surface area contributed by atoms with E-state index in [1.165, 1.54) is 25.7 Å². The van der Waals surface area contributed by atoms with E-state index in [0.717, 1.165) is 19.3 Å². The second-order valence-electron chi connectivity index (χ2n) is 4.77. The Morgan fingerprint density at radius 2 is 1.67 bits per heavy atom. The van der Waals surface area contributed by atoms with Crippen LogP contribution in [-0.4, -0.2) is 15.9 Å². The molecule has 2 aliphatic rings. The largest absolute Gasteiger partial charge is 0.469 e. The molecule has 2 fully saturated rings. The number of phosphoric ester groups is 1. The van der Waals surface area contributed by atoms with Crippen molar-refractivity contribution < 1.29 is 18.9 Å². The Morgan fingerprint density at radius 1 is 1.00 bits per heavy atom. The van der Waals surface area contributed by atoms with Crippen LogP contribution in [0.4, 0.5) is 0 Å². The highest BCUT2D eigenvalue weighted by Gasteiger charge is 2.38. The minimum atomic E-state index is -4.30. The van der Waals surface area contributed by atoms with E-state index in [2.05, 4.69) is 0 Å². The van der Waals surface area contributed by atoms with Crippen LogP contribution in [0.25, 0.3) is 0 Å². The molecule has 0 radical (unpaired) electrons. The van der Waals surface area contributed by atoms with E-state index >= 15 is 0 Å². The average Bonchev–Trinajstić information content (AvgIpc) is 2.16. The molecular formula is C10H19O4P. The quantitative estimate of drug-likeness (QED) is 0.720. The van der Waals surface area contributed by atoms with Crippen LogP contribution in [0.15, 0.2) is 0 Å². The summed E-state index contributed by atoms with van der Waals surface area (Å²) in [6.45, 7) is 0. The van der Waals surface area contributed by atoms with Crippen LogP contribution in [-0.2, 0) is 9.09 Å². The molecule has 0 bridgehead atoms. The maximum atomic E-state index is 10.8. The zero-order chi connectivity index (χ0) is 10.9. The van der Waals surface area contributed by atoms with Gasteiger partial charge in [-0.05, 0) is 31.1 Å². The van der Waals surface area contributed by atoms with Crippen molar-refractivity contribution >= 4 is 7.82 Å². The Labute approximate surface area is 90.3 Å². The Hall–Kier alpha value is 0.110. The van der Waals surface area contributed by atoms with Crippen LogP contribution in [0, 0.1) is 11.8 Å². The van der Waals surface area contributed by atoms with Gasteiger partial charge >= 0.3 is 7.82 Å². The van der Waals surface area contributed by atoms with Crippen LogP contribution >= 0.6 is 7.82 Å². The van der Waals surface area contributed by atoms with Gasteiger partial charge in [0.1, 0.15) is 0 Å². The highest BCUT2D eigenvalue weighted by atomic mass is 31.2. The van der Waals surface area contributed by atoms with Crippen LogP contribution in [0.2, 0.25) is 0 Å². The van der Waals surface area contributed by atoms with Crippen molar-refractivity contribution in [2.24, 2.45) is 11.8 Å². The van der Waals surface area contributed by atoms with E-state index in [0.29, 0.717) is 11.8 Å². The van der Waals surface area contributed by atoms with Crippen LogP contribution in [0.5, 0.6) is 0 Å². The van der Waals surface area contributed by atoms with Crippen molar-refractivity contribution in [3.8, 4) is 0 Å². The van der Waals surface area contributed by atoms with Gasteiger partial charge < -0.3 is 9.79 Å². The van der Waals surface area contributed by atoms with Gasteiger partial charge in [-0.15, -0.1) is 0 Å². The van der Waals surface area contributed by atoms with Crippen molar-refractivity contribution in [2.75, 3.05) is 0 Å². The lowest BCUT2D eigenvalue weighted by molar-refractivity contribution is 0.00890. The molecule has 2 N–H and O–H groups in total. The second kappa shape index (κ2) is 4.54. The molecule has 88 valence electrons. The fraction of sp³-hybridized carbons (Fsp3) is 1.00. The summed E-state index contributed by atoms with van der Waals surface area (Å²) >= 11 is 0. The Bertz CT molecular complexity index is 260. The average molecular weight is 234 g/mol. The van der Waals surface area contributed by atoms with Gasteiger partial charge in [0.25, 0.3) is 0 Å². The van der Waals surface area contributed by atoms with Gasteiger partial charge in [0, 0.05) is 0 Å². The molecule has 0 aliphatic heterocycles. The van der Waals surface area contributed by atoms with Gasteiger partial charge in [0.15, 0.2) is 0 Å². The van der Waals surface area contributed by atoms with Crippen LogP contribution < -0.4 is 0 Å². The maximum absolute atomic E-state index is 10.8. The van der Waals surface area contributed by atoms with Crippen molar-refractivity contribution in [3.05, 3.63) is 0 Å². The van der Waals surface area contributed by atoms with E-state index in [4.69, 9.17) is 14.3 Å². The van der Waals surface area contributed by atoms with Crippen LogP contribution in [0.3, 0.4) is 0 Å². The third-order valence-corrected chi connectivity index (χ3v) is 4.33. The molecule has 5 heteroatoms. The highest BCUT2D eigenvalue weighted by Crippen LogP contribution is 2.47. The number of fused-ring (bicyclic) bond motifs is 1. The summed E-state index contributed by atoms with van der Waals surface area (Å²) in [7, 11) is -4.30. The predicted octanol–water partition coefficient (Wildman–Crippen LogP) is 2.45. The smallest absolute Gasteiger partial charge is 0.303 e. The third kappa shape index (κ3) is 3.04. The number of phosphoric acid groups is 1. The minimum absolute atomic E-state index is 0.204. The van der Waals surface area contributed by atoms with Gasteiger partial charge in [-0.25, -0.2) is 4.57 Å². The van der Waals surface area contributed by atoms with E-state index in [9.17, 15) is 4.57 Å². The first-order valence-electron chi connectivity index (χ1n) is 5.80. The van der Waals surface area contributed by atoms with Gasteiger partial charge in [0.2, 0.25) is 0 Å². The Kier molecular flexibility index (Phi) is 3.51. The molecule has 0 heterocycles. The van der Waals surface area contributed by atoms with Crippen molar-refractivity contribution in [3.63, 3.8) is 0 Å². The Balaban J connectivity index is 2.00. The monoisotopic (exact) mass is 234 g/mol. The number of hydrogen-bond acceptors (Lipinski definition) is 2. The second-order valence-corrected chi connectivity index (χ2v) is 5.97. The summed E-state index contributed by atoms with van der Waals surface area (Å²) in [4.78, 5) is 17.7. The molecule has 15 heavy (non-hydrogen) atoms. The zero-order valence-electron chi connectivity index (χ0n) is 8.84. The normalized spacial score (nSPS) is 37.3. The molecular weight excluding hydrogens is 215 g/mol. The summed E-state index contributed by atoms with van der Waals surface area (Å²) < 4.78 is 15.8. The molecule has 2 rings (SSSR count). The van der Waals surface area contributed by atoms with Crippen molar-refractivity contribution in [1.82, 2.24) is 0 Å². The maximum Gasteiger partial charge on any atom is 0.469 e. The van der Waals surface area contributed by atoms with E-state index in [-0.39, 0.29) is 6.10 Å². The van der Waals surface area contributed by atoms with E-state index < -0.39 is 7.82 Å². The molecule has 0 aromatic heterocycles. The molecule has 0 aromatic carbocycles. The summed E-state index contributed by atoms with van der Waals surface area (Å²) in [5.41, 5.74) is 0. The fourth-order valence-corrected chi connectivity index (χ4v) is 3.80. The lowest BCUT2D eigenvalue weighted by Crippen LogP contribution is -2.35. The Morgan fingerprint density at radius 3 is 2.40 bits per heavy atom. The first-order valence-corrected chi connectivity index (χ1v) is 7.33. The zero-order valence-corrected chi connectivity index (χ0v) is 9.73. The first-order chi connectivity index (χ1) is 7.06. The molecule has 3 unspecified atom stereocenters. The van der Waals surface area contributed by atoms with E-state index in [1.807, 2.05) is 0 Å². The van der Waals surface area contributed by atoms with E-state index in [1.54, 1.807) is 0 Å². The summed E-state index contributed by atoms with van der Waals surface area (Å²) in [6, 6.07) is 0. The lowest BCUT2D eigenvalue weighted by atomic mass is 9.69. The molecule has 0 spiro atoms. The lowest BCUT2D eigenvalue weighted by Gasteiger charge is -2.40. The van der Waals surface area contributed by atoms with Gasteiger partial charge in [-0.1, -0.05) is 25.7 Å². The molecule has 0 saturated heterocycles. The number of rotatable bonds is 2. The highest BCUT2D eigenvalue weighted by molar-refractivity contribution is 7.46. The molecule has 3 atom stereocenters. The summed E-state index contributed by atoms with van der Waals surface area (Å²) in [6.07, 6.45) is 7.61. The first kappa shape index (κ1) is 11.6. The minimum Gasteiger partial charge on any atom is -0.303 e. The third-order valence-electron chi connectivity index (χ3n) is 3.78. The van der Waals surface area contributed by atoms with Gasteiger partial charge in [0.05, 0.1) is 6.10 Å². The molecule has 2 aliphatic carbocycles. The molecule has 0 amide bonds. The van der Waals surface area contributed by atoms with Gasteiger partial charge in [-0.3, -0.25) is 4.52 Å². The fourth-order valence-electron chi connectivity index (χ4n) is 3.19. The molecule has 4 nitrogen and oxygen atoms in total. The van der Waals surface area contributed by atoms with Crippen molar-refractivity contribution in [2.45, 2.75) is 51.0 Å². The predicted molar refractivity (Wildman–Crippen MR) is 56.2 cm³/mol. The SMILES string of the molecule is O=P(O)(O)OC1CCCC2CCCCC21. The topological polar surface area (TPSA) is 66.8 Å². The van der Waals surface area contributed by atoms with Crippen LogP contribution in [0.1, 0.15) is 44.9 Å². The standard InChI is InChI=1S/C10H19O4P/c11-15(12,13)14-10-7-3-5-8-4-1-2-6-9(8)10/h8-10H,1-7H2,(H2,11,12,13).